The van der Waals surface area contributed by atoms with E-state index in [-0.39, 0.29) is 6.42 Å². The third kappa shape index (κ3) is 7.90. The van der Waals surface area contributed by atoms with Gasteiger partial charge in [0.15, 0.2) is 5.79 Å². The van der Waals surface area contributed by atoms with Crippen LogP contribution in [-0.4, -0.2) is 36.6 Å². The summed E-state index contributed by atoms with van der Waals surface area (Å²) in [5, 5.41) is 12.4. The molecule has 0 unspecified atom stereocenters. The highest BCUT2D eigenvalue weighted by Crippen LogP contribution is 2.29. The van der Waals surface area contributed by atoms with Gasteiger partial charge in [0.2, 0.25) is 0 Å². The van der Waals surface area contributed by atoms with Crippen molar-refractivity contribution in [1.29, 1.82) is 0 Å². The van der Waals surface area contributed by atoms with Gasteiger partial charge in [-0.25, -0.2) is 0 Å². The molecule has 1 fully saturated rings. The number of carboxylic acid groups (broad SMARTS) is 1. The quantitative estimate of drug-likeness (QED) is 0.257. The van der Waals surface area contributed by atoms with Crippen molar-refractivity contribution in [3.05, 3.63) is 10.4 Å². The van der Waals surface area contributed by atoms with E-state index in [2.05, 4.69) is 10.0 Å². The number of hydrogen-bond donors (Lipinski definition) is 1. The van der Waals surface area contributed by atoms with E-state index in [1.54, 1.807) is 0 Å². The molecule has 0 aromatic carbocycles. The van der Waals surface area contributed by atoms with E-state index in [4.69, 9.17) is 20.1 Å². The first-order valence-electron chi connectivity index (χ1n) is 7.69. The van der Waals surface area contributed by atoms with Gasteiger partial charge in [0.05, 0.1) is 19.6 Å². The summed E-state index contributed by atoms with van der Waals surface area (Å²) in [6.45, 7) is 1.56. The Kier molecular flexibility index (Phi) is 8.82. The number of carboxylic acids is 1. The summed E-state index contributed by atoms with van der Waals surface area (Å²) < 4.78 is 11.0. The molecule has 1 heterocycles. The largest absolute Gasteiger partial charge is 0.481 e. The van der Waals surface area contributed by atoms with Crippen LogP contribution < -0.4 is 0 Å². The number of aliphatic carboxylic acids is 1. The lowest BCUT2D eigenvalue weighted by Crippen LogP contribution is -2.33. The average Bonchev–Trinajstić information content (AvgIpc) is 2.89. The van der Waals surface area contributed by atoms with Gasteiger partial charge >= 0.3 is 5.97 Å². The van der Waals surface area contributed by atoms with Gasteiger partial charge in [0, 0.05) is 17.9 Å². The number of carbonyl (C=O) groups is 1. The molecule has 1 aliphatic rings. The third-order valence-corrected chi connectivity index (χ3v) is 3.61. The van der Waals surface area contributed by atoms with Crippen LogP contribution >= 0.6 is 0 Å². The standard InChI is InChI=1S/C14H25N3O4/c15-17-16-9-7-5-3-1-2-4-6-8-14(12-13(18)19)20-10-11-21-14/h1-12H2,(H,18,19). The monoisotopic (exact) mass is 299 g/mol. The van der Waals surface area contributed by atoms with Crippen molar-refractivity contribution in [2.45, 2.75) is 63.6 Å². The van der Waals surface area contributed by atoms with Crippen molar-refractivity contribution >= 4 is 5.97 Å². The van der Waals surface area contributed by atoms with Gasteiger partial charge in [0.1, 0.15) is 0 Å². The highest BCUT2D eigenvalue weighted by atomic mass is 16.7. The second-order valence-corrected chi connectivity index (χ2v) is 5.36. The van der Waals surface area contributed by atoms with E-state index in [0.717, 1.165) is 44.9 Å². The Hall–Kier alpha value is -1.30. The maximum atomic E-state index is 10.9. The number of unbranched alkanes of at least 4 members (excludes halogenated alkanes) is 6. The van der Waals surface area contributed by atoms with Gasteiger partial charge in [-0.05, 0) is 18.4 Å². The number of rotatable bonds is 12. The summed E-state index contributed by atoms with van der Waals surface area (Å²) >= 11 is 0. The average molecular weight is 299 g/mol. The smallest absolute Gasteiger partial charge is 0.308 e. The summed E-state index contributed by atoms with van der Waals surface area (Å²) in [6.07, 6.45) is 8.03. The highest BCUT2D eigenvalue weighted by molar-refractivity contribution is 5.67. The lowest BCUT2D eigenvalue weighted by molar-refractivity contribution is -0.182. The molecule has 21 heavy (non-hydrogen) atoms. The van der Waals surface area contributed by atoms with E-state index in [9.17, 15) is 4.79 Å². The summed E-state index contributed by atoms with van der Waals surface area (Å²) in [7, 11) is 0. The van der Waals surface area contributed by atoms with Gasteiger partial charge in [-0.15, -0.1) is 0 Å². The second kappa shape index (κ2) is 10.4. The minimum absolute atomic E-state index is 0.0770. The molecule has 0 amide bonds. The maximum absolute atomic E-state index is 10.9. The van der Waals surface area contributed by atoms with Crippen LogP contribution in [0, 0.1) is 0 Å². The zero-order valence-electron chi connectivity index (χ0n) is 12.5. The topological polar surface area (TPSA) is 105 Å². The molecule has 7 nitrogen and oxygen atoms in total. The molecule has 0 saturated carbocycles. The Bertz CT molecular complexity index is 350. The number of ether oxygens (including phenoxy) is 2. The number of azide groups is 1. The molecule has 120 valence electrons. The van der Waals surface area contributed by atoms with Crippen molar-refractivity contribution in [2.24, 2.45) is 5.11 Å². The molecular weight excluding hydrogens is 274 g/mol. The van der Waals surface area contributed by atoms with Crippen LogP contribution in [0.25, 0.3) is 10.4 Å². The van der Waals surface area contributed by atoms with Crippen LogP contribution in [0.3, 0.4) is 0 Å². The minimum Gasteiger partial charge on any atom is -0.481 e. The van der Waals surface area contributed by atoms with Crippen molar-refractivity contribution in [3.8, 4) is 0 Å². The molecule has 1 aliphatic heterocycles. The van der Waals surface area contributed by atoms with Crippen molar-refractivity contribution in [3.63, 3.8) is 0 Å². The van der Waals surface area contributed by atoms with Crippen LogP contribution in [0.4, 0.5) is 0 Å². The highest BCUT2D eigenvalue weighted by Gasteiger charge is 2.38. The summed E-state index contributed by atoms with van der Waals surface area (Å²) in [5.41, 5.74) is 8.13. The Morgan fingerprint density at radius 2 is 1.67 bits per heavy atom. The molecule has 0 radical (unpaired) electrons. The lowest BCUT2D eigenvalue weighted by atomic mass is 10.0. The van der Waals surface area contributed by atoms with Crippen LogP contribution in [0.15, 0.2) is 5.11 Å². The van der Waals surface area contributed by atoms with Crippen LogP contribution in [0.5, 0.6) is 0 Å². The molecular formula is C14H25N3O4. The van der Waals surface area contributed by atoms with Crippen molar-refractivity contribution < 1.29 is 19.4 Å². The van der Waals surface area contributed by atoms with Gasteiger partial charge in [-0.1, -0.05) is 37.2 Å². The van der Waals surface area contributed by atoms with Gasteiger partial charge in [0.25, 0.3) is 0 Å². The van der Waals surface area contributed by atoms with Crippen molar-refractivity contribution in [2.75, 3.05) is 19.8 Å². The predicted octanol–water partition coefficient (Wildman–Crippen LogP) is 3.64. The predicted molar refractivity (Wildman–Crippen MR) is 77.8 cm³/mol. The minimum atomic E-state index is -0.888. The summed E-state index contributed by atoms with van der Waals surface area (Å²) in [6, 6.07) is 0. The fourth-order valence-corrected chi connectivity index (χ4v) is 2.57. The molecule has 0 aliphatic carbocycles. The van der Waals surface area contributed by atoms with Crippen LogP contribution in [0.1, 0.15) is 57.8 Å². The number of hydrogen-bond acceptors (Lipinski definition) is 4. The zero-order chi connectivity index (χ0) is 15.4. The first-order valence-corrected chi connectivity index (χ1v) is 7.69. The zero-order valence-corrected chi connectivity index (χ0v) is 12.5. The van der Waals surface area contributed by atoms with Gasteiger partial charge < -0.3 is 14.6 Å². The third-order valence-electron chi connectivity index (χ3n) is 3.61. The molecule has 1 rings (SSSR count). The Balaban J connectivity index is 2.02. The first kappa shape index (κ1) is 17.8. The summed E-state index contributed by atoms with van der Waals surface area (Å²) in [5.74, 6) is -1.77. The normalized spacial score (nSPS) is 16.6. The van der Waals surface area contributed by atoms with Gasteiger partial charge in [-0.2, -0.15) is 0 Å². The van der Waals surface area contributed by atoms with E-state index < -0.39 is 11.8 Å². The van der Waals surface area contributed by atoms with E-state index in [1.165, 1.54) is 0 Å². The van der Waals surface area contributed by atoms with E-state index in [0.29, 0.717) is 26.2 Å². The molecule has 0 aromatic rings. The molecule has 1 N–H and O–H groups in total. The van der Waals surface area contributed by atoms with Gasteiger partial charge in [-0.3, -0.25) is 4.79 Å². The first-order chi connectivity index (χ1) is 10.2. The lowest BCUT2D eigenvalue weighted by Gasteiger charge is -2.25. The van der Waals surface area contributed by atoms with Crippen LogP contribution in [0.2, 0.25) is 0 Å². The molecule has 0 spiro atoms. The SMILES string of the molecule is [N-]=[N+]=NCCCCCCCCCC1(CC(=O)O)OCCO1. The van der Waals surface area contributed by atoms with Crippen molar-refractivity contribution in [1.82, 2.24) is 0 Å². The van der Waals surface area contributed by atoms with Crippen LogP contribution in [-0.2, 0) is 14.3 Å². The maximum Gasteiger partial charge on any atom is 0.308 e. The van der Waals surface area contributed by atoms with E-state index >= 15 is 0 Å². The Morgan fingerprint density at radius 3 is 2.24 bits per heavy atom. The number of nitrogens with zero attached hydrogens (tertiary/aromatic N) is 3. The second-order valence-electron chi connectivity index (χ2n) is 5.36. The molecule has 0 bridgehead atoms. The molecule has 1 saturated heterocycles. The fraction of sp³-hybridized carbons (Fsp3) is 0.929. The Labute approximate surface area is 125 Å². The Morgan fingerprint density at radius 1 is 1.10 bits per heavy atom. The fourth-order valence-electron chi connectivity index (χ4n) is 2.57. The molecule has 7 heteroatoms. The summed E-state index contributed by atoms with van der Waals surface area (Å²) in [4.78, 5) is 13.6. The molecule has 0 atom stereocenters. The van der Waals surface area contributed by atoms with E-state index in [1.807, 2.05) is 0 Å². The molecule has 0 aromatic heterocycles.